The van der Waals surface area contributed by atoms with Crippen LogP contribution in [0, 0.1) is 0 Å². The van der Waals surface area contributed by atoms with Crippen molar-refractivity contribution in [1.82, 2.24) is 0 Å². The Balaban J connectivity index is 1.80. The molecule has 0 radical (unpaired) electrons. The van der Waals surface area contributed by atoms with Crippen LogP contribution in [-0.2, 0) is 16.0 Å². The SMILES string of the molecule is COC(=O)Cc1ccc(C=Cc2ccccc2-c2ccccc2)cc1. The van der Waals surface area contributed by atoms with Crippen molar-refractivity contribution in [2.24, 2.45) is 0 Å². The summed E-state index contributed by atoms with van der Waals surface area (Å²) < 4.78 is 4.69. The highest BCUT2D eigenvalue weighted by Gasteiger charge is 2.03. The van der Waals surface area contributed by atoms with Gasteiger partial charge in [-0.2, -0.15) is 0 Å². The Bertz CT molecular complexity index is 862. The second kappa shape index (κ2) is 8.11. The van der Waals surface area contributed by atoms with Gasteiger partial charge in [0.1, 0.15) is 0 Å². The number of hydrogen-bond donors (Lipinski definition) is 0. The summed E-state index contributed by atoms with van der Waals surface area (Å²) in [5, 5.41) is 0. The fourth-order valence-corrected chi connectivity index (χ4v) is 2.69. The minimum Gasteiger partial charge on any atom is -0.469 e. The van der Waals surface area contributed by atoms with Gasteiger partial charge < -0.3 is 4.74 Å². The van der Waals surface area contributed by atoms with E-state index in [0.29, 0.717) is 6.42 Å². The van der Waals surface area contributed by atoms with Crippen LogP contribution in [0.3, 0.4) is 0 Å². The fraction of sp³-hybridized carbons (Fsp3) is 0.0870. The summed E-state index contributed by atoms with van der Waals surface area (Å²) in [6, 6.07) is 26.7. The molecule has 2 heteroatoms. The van der Waals surface area contributed by atoms with Gasteiger partial charge in [0.2, 0.25) is 0 Å². The molecule has 25 heavy (non-hydrogen) atoms. The van der Waals surface area contributed by atoms with E-state index in [4.69, 9.17) is 4.74 Å². The first kappa shape index (κ1) is 16.7. The van der Waals surface area contributed by atoms with Gasteiger partial charge in [-0.1, -0.05) is 91.0 Å². The maximum atomic E-state index is 11.3. The van der Waals surface area contributed by atoms with Crippen LogP contribution in [0.15, 0.2) is 78.9 Å². The molecule has 0 amide bonds. The van der Waals surface area contributed by atoms with Crippen LogP contribution in [0.1, 0.15) is 16.7 Å². The average molecular weight is 328 g/mol. The monoisotopic (exact) mass is 328 g/mol. The largest absolute Gasteiger partial charge is 0.469 e. The molecule has 0 saturated heterocycles. The number of methoxy groups -OCH3 is 1. The van der Waals surface area contributed by atoms with E-state index in [1.807, 2.05) is 36.4 Å². The van der Waals surface area contributed by atoms with Gasteiger partial charge in [0.25, 0.3) is 0 Å². The van der Waals surface area contributed by atoms with Crippen molar-refractivity contribution in [2.75, 3.05) is 7.11 Å². The molecular weight excluding hydrogens is 308 g/mol. The predicted molar refractivity (Wildman–Crippen MR) is 103 cm³/mol. The Hall–Kier alpha value is -3.13. The Morgan fingerprint density at radius 3 is 2.24 bits per heavy atom. The first-order chi connectivity index (χ1) is 12.3. The molecule has 0 N–H and O–H groups in total. The van der Waals surface area contributed by atoms with Gasteiger partial charge in [0, 0.05) is 0 Å². The quantitative estimate of drug-likeness (QED) is 0.473. The lowest BCUT2D eigenvalue weighted by Gasteiger charge is -2.06. The number of rotatable bonds is 5. The van der Waals surface area contributed by atoms with Gasteiger partial charge in [0.05, 0.1) is 13.5 Å². The summed E-state index contributed by atoms with van der Waals surface area (Å²) >= 11 is 0. The van der Waals surface area contributed by atoms with Gasteiger partial charge in [-0.15, -0.1) is 0 Å². The minimum atomic E-state index is -0.222. The molecule has 2 nitrogen and oxygen atoms in total. The Labute approximate surface area is 148 Å². The third-order valence-electron chi connectivity index (χ3n) is 4.06. The van der Waals surface area contributed by atoms with Crippen LogP contribution < -0.4 is 0 Å². The molecule has 0 saturated carbocycles. The summed E-state index contributed by atoms with van der Waals surface area (Å²) in [7, 11) is 1.41. The Morgan fingerprint density at radius 1 is 0.840 bits per heavy atom. The molecule has 0 aliphatic rings. The molecule has 3 aromatic carbocycles. The van der Waals surface area contributed by atoms with Crippen LogP contribution in [-0.4, -0.2) is 13.1 Å². The van der Waals surface area contributed by atoms with Crippen molar-refractivity contribution in [3.63, 3.8) is 0 Å². The van der Waals surface area contributed by atoms with Gasteiger partial charge in [-0.3, -0.25) is 4.79 Å². The van der Waals surface area contributed by atoms with Gasteiger partial charge >= 0.3 is 5.97 Å². The molecule has 0 heterocycles. The maximum Gasteiger partial charge on any atom is 0.309 e. The number of carbonyl (C=O) groups excluding carboxylic acids is 1. The number of benzene rings is 3. The summed E-state index contributed by atoms with van der Waals surface area (Å²) in [4.78, 5) is 11.3. The standard InChI is InChI=1S/C23H20O2/c1-25-23(24)17-19-13-11-18(12-14-19)15-16-21-9-5-6-10-22(21)20-7-3-2-4-8-20/h2-16H,17H2,1H3. The molecule has 0 aromatic heterocycles. The lowest BCUT2D eigenvalue weighted by Crippen LogP contribution is -2.03. The third-order valence-corrected chi connectivity index (χ3v) is 4.06. The molecule has 0 fully saturated rings. The highest BCUT2D eigenvalue weighted by atomic mass is 16.5. The molecule has 124 valence electrons. The Morgan fingerprint density at radius 2 is 1.52 bits per heavy atom. The zero-order valence-corrected chi connectivity index (χ0v) is 14.2. The normalized spacial score (nSPS) is 10.8. The van der Waals surface area contributed by atoms with Crippen LogP contribution in [0.4, 0.5) is 0 Å². The second-order valence-corrected chi connectivity index (χ2v) is 5.78. The van der Waals surface area contributed by atoms with Crippen molar-refractivity contribution in [1.29, 1.82) is 0 Å². The molecule has 3 rings (SSSR count). The molecule has 3 aromatic rings. The molecule has 0 aliphatic heterocycles. The van der Waals surface area contributed by atoms with Gasteiger partial charge in [0.15, 0.2) is 0 Å². The molecule has 0 aliphatic carbocycles. The number of hydrogen-bond acceptors (Lipinski definition) is 2. The predicted octanol–water partition coefficient (Wildman–Crippen LogP) is 5.24. The highest BCUT2D eigenvalue weighted by Crippen LogP contribution is 2.25. The van der Waals surface area contributed by atoms with E-state index in [1.165, 1.54) is 23.8 Å². The van der Waals surface area contributed by atoms with Crippen molar-refractivity contribution in [3.8, 4) is 11.1 Å². The van der Waals surface area contributed by atoms with E-state index in [2.05, 4.69) is 54.6 Å². The lowest BCUT2D eigenvalue weighted by molar-refractivity contribution is -0.139. The summed E-state index contributed by atoms with van der Waals surface area (Å²) in [6.45, 7) is 0. The van der Waals surface area contributed by atoms with E-state index in [9.17, 15) is 4.79 Å². The van der Waals surface area contributed by atoms with Crippen LogP contribution in [0.5, 0.6) is 0 Å². The maximum absolute atomic E-state index is 11.3. The first-order valence-corrected chi connectivity index (χ1v) is 8.24. The second-order valence-electron chi connectivity index (χ2n) is 5.78. The summed E-state index contributed by atoms with van der Waals surface area (Å²) in [6.07, 6.45) is 4.51. The topological polar surface area (TPSA) is 26.3 Å². The summed E-state index contributed by atoms with van der Waals surface area (Å²) in [5.41, 5.74) is 5.63. The van der Waals surface area contributed by atoms with E-state index < -0.39 is 0 Å². The van der Waals surface area contributed by atoms with Gasteiger partial charge in [-0.05, 0) is 27.8 Å². The van der Waals surface area contributed by atoms with Crippen LogP contribution in [0.2, 0.25) is 0 Å². The van der Waals surface area contributed by atoms with E-state index in [0.717, 1.165) is 11.1 Å². The van der Waals surface area contributed by atoms with Crippen LogP contribution >= 0.6 is 0 Å². The third kappa shape index (κ3) is 4.45. The van der Waals surface area contributed by atoms with Gasteiger partial charge in [-0.25, -0.2) is 0 Å². The van der Waals surface area contributed by atoms with Crippen LogP contribution in [0.25, 0.3) is 23.3 Å². The first-order valence-electron chi connectivity index (χ1n) is 8.24. The number of carbonyl (C=O) groups is 1. The average Bonchev–Trinajstić information content (AvgIpc) is 2.68. The molecule has 0 atom stereocenters. The Kier molecular flexibility index (Phi) is 5.43. The molecule has 0 bridgehead atoms. The minimum absolute atomic E-state index is 0.222. The van der Waals surface area contributed by atoms with Crippen molar-refractivity contribution in [3.05, 3.63) is 95.6 Å². The molecule has 0 spiro atoms. The highest BCUT2D eigenvalue weighted by molar-refractivity contribution is 5.81. The fourth-order valence-electron chi connectivity index (χ4n) is 2.69. The number of esters is 1. The van der Waals surface area contributed by atoms with E-state index >= 15 is 0 Å². The van der Waals surface area contributed by atoms with Crippen molar-refractivity contribution >= 4 is 18.1 Å². The smallest absolute Gasteiger partial charge is 0.309 e. The molecular formula is C23H20O2. The number of ether oxygens (including phenoxy) is 1. The van der Waals surface area contributed by atoms with E-state index in [1.54, 1.807) is 0 Å². The zero-order chi connectivity index (χ0) is 17.5. The lowest BCUT2D eigenvalue weighted by atomic mass is 9.99. The van der Waals surface area contributed by atoms with Crippen molar-refractivity contribution in [2.45, 2.75) is 6.42 Å². The molecule has 0 unspecified atom stereocenters. The van der Waals surface area contributed by atoms with Crippen molar-refractivity contribution < 1.29 is 9.53 Å². The van der Waals surface area contributed by atoms with E-state index in [-0.39, 0.29) is 5.97 Å². The zero-order valence-electron chi connectivity index (χ0n) is 14.2. The summed E-state index contributed by atoms with van der Waals surface area (Å²) in [5.74, 6) is -0.222.